The third kappa shape index (κ3) is 3.65. The fourth-order valence-corrected chi connectivity index (χ4v) is 3.42. The molecule has 3 rings (SSSR count). The van der Waals surface area contributed by atoms with Crippen LogP contribution in [0.4, 0.5) is 0 Å². The molecule has 0 spiro atoms. The van der Waals surface area contributed by atoms with E-state index in [0.29, 0.717) is 11.7 Å². The van der Waals surface area contributed by atoms with Crippen molar-refractivity contribution in [2.24, 2.45) is 0 Å². The van der Waals surface area contributed by atoms with Gasteiger partial charge in [0.1, 0.15) is 5.75 Å². The minimum absolute atomic E-state index is 0.326. The molecule has 0 aliphatic rings. The lowest BCUT2D eigenvalue weighted by molar-refractivity contribution is 0.473. The van der Waals surface area contributed by atoms with Crippen molar-refractivity contribution in [1.29, 1.82) is 0 Å². The topological polar surface area (TPSA) is 50.9 Å². The molecule has 0 bridgehead atoms. The Morgan fingerprint density at radius 2 is 1.75 bits per heavy atom. The summed E-state index contributed by atoms with van der Waals surface area (Å²) in [5.41, 5.74) is 5.73. The first-order valence-electron chi connectivity index (χ1n) is 8.26. The number of aromatic nitrogens is 3. The summed E-state index contributed by atoms with van der Waals surface area (Å²) in [7, 11) is 0. The predicted octanol–water partition coefficient (Wildman–Crippen LogP) is 4.00. The van der Waals surface area contributed by atoms with E-state index >= 15 is 0 Å². The largest absolute Gasteiger partial charge is 0.508 e. The lowest BCUT2D eigenvalue weighted by Crippen LogP contribution is -2.04. The van der Waals surface area contributed by atoms with Gasteiger partial charge in [-0.2, -0.15) is 0 Å². The molecule has 4 nitrogen and oxygen atoms in total. The van der Waals surface area contributed by atoms with Crippen LogP contribution >= 0.6 is 0 Å². The van der Waals surface area contributed by atoms with Crippen LogP contribution in [0.3, 0.4) is 0 Å². The highest BCUT2D eigenvalue weighted by molar-refractivity contribution is 5.42. The van der Waals surface area contributed by atoms with E-state index < -0.39 is 0 Å². The van der Waals surface area contributed by atoms with Gasteiger partial charge in [-0.1, -0.05) is 42.5 Å². The normalized spacial score (nSPS) is 12.3. The maximum atomic E-state index is 9.71. The fourth-order valence-electron chi connectivity index (χ4n) is 3.42. The number of aromatic hydroxyl groups is 1. The Bertz CT molecular complexity index is 801. The molecule has 3 aromatic rings. The van der Waals surface area contributed by atoms with Crippen LogP contribution in [0.25, 0.3) is 0 Å². The van der Waals surface area contributed by atoms with Gasteiger partial charge in [0.15, 0.2) is 0 Å². The highest BCUT2D eigenvalue weighted by atomic mass is 16.3. The van der Waals surface area contributed by atoms with Crippen LogP contribution in [0.1, 0.15) is 40.8 Å². The van der Waals surface area contributed by atoms with Crippen molar-refractivity contribution in [2.75, 3.05) is 0 Å². The van der Waals surface area contributed by atoms with Crippen molar-refractivity contribution >= 4 is 0 Å². The summed E-state index contributed by atoms with van der Waals surface area (Å²) in [6.45, 7) is 7.03. The number of nitrogens with zero attached hydrogens (tertiary/aromatic N) is 3. The van der Waals surface area contributed by atoms with Crippen molar-refractivity contribution < 1.29 is 5.11 Å². The Labute approximate surface area is 142 Å². The summed E-state index contributed by atoms with van der Waals surface area (Å²) in [4.78, 5) is 0. The van der Waals surface area contributed by atoms with Gasteiger partial charge in [-0.05, 0) is 60.6 Å². The second-order valence-electron chi connectivity index (χ2n) is 6.49. The van der Waals surface area contributed by atoms with E-state index in [-0.39, 0.29) is 0 Å². The molecular formula is C20H23N3O. The smallest absolute Gasteiger partial charge is 0.116 e. The molecule has 0 aliphatic heterocycles. The van der Waals surface area contributed by atoms with E-state index in [4.69, 9.17) is 0 Å². The van der Waals surface area contributed by atoms with Crippen LogP contribution in [-0.2, 0) is 13.0 Å². The lowest BCUT2D eigenvalue weighted by Gasteiger charge is -2.17. The average Bonchev–Trinajstić information content (AvgIpc) is 2.94. The Kier molecular flexibility index (Phi) is 4.65. The molecule has 124 valence electrons. The molecule has 0 aliphatic carbocycles. The Morgan fingerprint density at radius 1 is 1.08 bits per heavy atom. The average molecular weight is 321 g/mol. The molecule has 0 fully saturated rings. The maximum absolute atomic E-state index is 9.71. The van der Waals surface area contributed by atoms with Gasteiger partial charge >= 0.3 is 0 Å². The number of hydrogen-bond donors (Lipinski definition) is 1. The number of benzene rings is 2. The summed E-state index contributed by atoms with van der Waals surface area (Å²) in [5.74, 6) is 0.655. The van der Waals surface area contributed by atoms with Crippen LogP contribution in [0.2, 0.25) is 0 Å². The molecule has 1 N–H and O–H groups in total. The number of rotatable bonds is 5. The van der Waals surface area contributed by atoms with Gasteiger partial charge in [-0.3, -0.25) is 0 Å². The third-order valence-corrected chi connectivity index (χ3v) is 4.36. The summed E-state index contributed by atoms with van der Waals surface area (Å²) in [6.07, 6.45) is 2.86. The minimum atomic E-state index is 0.326. The van der Waals surface area contributed by atoms with E-state index in [1.54, 1.807) is 0 Å². The zero-order chi connectivity index (χ0) is 17.1. The van der Waals surface area contributed by atoms with Gasteiger partial charge < -0.3 is 5.11 Å². The zero-order valence-electron chi connectivity index (χ0n) is 14.4. The van der Waals surface area contributed by atoms with Crippen molar-refractivity contribution in [2.45, 2.75) is 39.7 Å². The number of phenols is 1. The van der Waals surface area contributed by atoms with Gasteiger partial charge in [0.25, 0.3) is 0 Å². The first kappa shape index (κ1) is 16.2. The quantitative estimate of drug-likeness (QED) is 0.773. The standard InChI is InChI=1S/C20H23N3O/c1-14(20-15(2)10-19(24)11-16(20)3)9-18-13-23(22-21-18)12-17-7-5-4-6-8-17/h4-8,10-11,13-14,24H,9,12H2,1-3H3. The highest BCUT2D eigenvalue weighted by Gasteiger charge is 2.15. The number of hydrogen-bond acceptors (Lipinski definition) is 3. The first-order valence-corrected chi connectivity index (χ1v) is 8.26. The van der Waals surface area contributed by atoms with Gasteiger partial charge in [-0.25, -0.2) is 4.68 Å². The van der Waals surface area contributed by atoms with E-state index in [1.807, 2.05) is 55.1 Å². The molecule has 2 aromatic carbocycles. The SMILES string of the molecule is Cc1cc(O)cc(C)c1C(C)Cc1cn(Cc2ccccc2)nn1. The molecule has 0 amide bonds. The number of aryl methyl sites for hydroxylation is 2. The molecule has 24 heavy (non-hydrogen) atoms. The lowest BCUT2D eigenvalue weighted by atomic mass is 9.89. The molecule has 1 unspecified atom stereocenters. The predicted molar refractivity (Wildman–Crippen MR) is 95.3 cm³/mol. The van der Waals surface area contributed by atoms with E-state index in [0.717, 1.165) is 29.8 Å². The second-order valence-corrected chi connectivity index (χ2v) is 6.49. The molecule has 1 heterocycles. The fraction of sp³-hybridized carbons (Fsp3) is 0.300. The maximum Gasteiger partial charge on any atom is 0.116 e. The van der Waals surface area contributed by atoms with Gasteiger partial charge in [0, 0.05) is 6.20 Å². The van der Waals surface area contributed by atoms with Crippen molar-refractivity contribution in [1.82, 2.24) is 15.0 Å². The third-order valence-electron chi connectivity index (χ3n) is 4.36. The summed E-state index contributed by atoms with van der Waals surface area (Å²) < 4.78 is 1.88. The molecule has 0 radical (unpaired) electrons. The van der Waals surface area contributed by atoms with Crippen LogP contribution in [0.15, 0.2) is 48.7 Å². The van der Waals surface area contributed by atoms with Crippen LogP contribution < -0.4 is 0 Å². The molecule has 1 aromatic heterocycles. The first-order chi connectivity index (χ1) is 11.5. The Balaban J connectivity index is 1.73. The zero-order valence-corrected chi connectivity index (χ0v) is 14.4. The van der Waals surface area contributed by atoms with Crippen molar-refractivity contribution in [3.05, 3.63) is 76.6 Å². The van der Waals surface area contributed by atoms with E-state index in [1.165, 1.54) is 11.1 Å². The summed E-state index contributed by atoms with van der Waals surface area (Å²) in [5, 5.41) is 18.3. The second kappa shape index (κ2) is 6.87. The summed E-state index contributed by atoms with van der Waals surface area (Å²) >= 11 is 0. The van der Waals surface area contributed by atoms with Gasteiger partial charge in [0.2, 0.25) is 0 Å². The Hall–Kier alpha value is -2.62. The highest BCUT2D eigenvalue weighted by Crippen LogP contribution is 2.29. The van der Waals surface area contributed by atoms with Crippen LogP contribution in [0.5, 0.6) is 5.75 Å². The van der Waals surface area contributed by atoms with E-state index in [9.17, 15) is 5.11 Å². The van der Waals surface area contributed by atoms with Crippen LogP contribution in [-0.4, -0.2) is 20.1 Å². The molecule has 4 heteroatoms. The monoisotopic (exact) mass is 321 g/mol. The van der Waals surface area contributed by atoms with Gasteiger partial charge in [0.05, 0.1) is 12.2 Å². The molecule has 0 saturated carbocycles. The minimum Gasteiger partial charge on any atom is -0.508 e. The molecule has 1 atom stereocenters. The van der Waals surface area contributed by atoms with Crippen molar-refractivity contribution in [3.8, 4) is 5.75 Å². The molecular weight excluding hydrogens is 298 g/mol. The van der Waals surface area contributed by atoms with Crippen LogP contribution in [0, 0.1) is 13.8 Å². The Morgan fingerprint density at radius 3 is 2.42 bits per heavy atom. The summed E-state index contributed by atoms with van der Waals surface area (Å²) in [6, 6.07) is 13.9. The van der Waals surface area contributed by atoms with E-state index in [2.05, 4.69) is 29.4 Å². The molecule has 0 saturated heterocycles. The van der Waals surface area contributed by atoms with Crippen molar-refractivity contribution in [3.63, 3.8) is 0 Å². The van der Waals surface area contributed by atoms with Gasteiger partial charge in [-0.15, -0.1) is 5.10 Å². The number of phenolic OH excluding ortho intramolecular Hbond substituents is 1.